The zero-order valence-corrected chi connectivity index (χ0v) is 10.2. The smallest absolute Gasteiger partial charge is 0.142 e. The topological polar surface area (TPSA) is 30.7 Å². The van der Waals surface area contributed by atoms with Gasteiger partial charge in [-0.1, -0.05) is 30.3 Å². The molecular weight excluding hydrogens is 230 g/mol. The summed E-state index contributed by atoms with van der Waals surface area (Å²) >= 11 is 1.64. The fraction of sp³-hybridized carbons (Fsp3) is 0.0769. The van der Waals surface area contributed by atoms with Crippen molar-refractivity contribution in [2.24, 2.45) is 7.05 Å². The van der Waals surface area contributed by atoms with Crippen LogP contribution >= 0.6 is 11.3 Å². The standard InChI is InChI=1S/C13H11N3S/c1-16-9-14-7-12(16)13-15-11(8-17-13)10-5-3-2-4-6-10/h2-9H,1H3. The summed E-state index contributed by atoms with van der Waals surface area (Å²) in [5.41, 5.74) is 3.22. The van der Waals surface area contributed by atoms with Gasteiger partial charge < -0.3 is 4.57 Å². The molecule has 0 atom stereocenters. The van der Waals surface area contributed by atoms with Gasteiger partial charge in [0, 0.05) is 18.0 Å². The summed E-state index contributed by atoms with van der Waals surface area (Å²) < 4.78 is 1.98. The van der Waals surface area contributed by atoms with Crippen LogP contribution in [-0.4, -0.2) is 14.5 Å². The highest BCUT2D eigenvalue weighted by Crippen LogP contribution is 2.27. The van der Waals surface area contributed by atoms with E-state index in [1.807, 2.05) is 36.0 Å². The summed E-state index contributed by atoms with van der Waals surface area (Å²) in [6, 6.07) is 10.2. The molecule has 3 aromatic rings. The van der Waals surface area contributed by atoms with Gasteiger partial charge >= 0.3 is 0 Å². The van der Waals surface area contributed by atoms with Gasteiger partial charge in [0.15, 0.2) is 0 Å². The SMILES string of the molecule is Cn1cncc1-c1nc(-c2ccccc2)cs1. The Morgan fingerprint density at radius 1 is 1.18 bits per heavy atom. The van der Waals surface area contributed by atoms with Crippen LogP contribution in [0.25, 0.3) is 22.0 Å². The fourth-order valence-electron chi connectivity index (χ4n) is 1.70. The van der Waals surface area contributed by atoms with Crippen LogP contribution in [0.5, 0.6) is 0 Å². The molecule has 0 saturated carbocycles. The Labute approximate surface area is 103 Å². The Morgan fingerprint density at radius 3 is 2.71 bits per heavy atom. The van der Waals surface area contributed by atoms with E-state index in [0.717, 1.165) is 22.0 Å². The molecule has 0 aliphatic carbocycles. The second-order valence-corrected chi connectivity index (χ2v) is 4.65. The Hall–Kier alpha value is -1.94. The minimum atomic E-state index is 1.00. The van der Waals surface area contributed by atoms with Crippen molar-refractivity contribution in [2.75, 3.05) is 0 Å². The van der Waals surface area contributed by atoms with Crippen molar-refractivity contribution in [1.29, 1.82) is 0 Å². The quantitative estimate of drug-likeness (QED) is 0.689. The maximum absolute atomic E-state index is 4.64. The van der Waals surface area contributed by atoms with Gasteiger partial charge in [0.2, 0.25) is 0 Å². The minimum absolute atomic E-state index is 1.00. The van der Waals surface area contributed by atoms with Gasteiger partial charge in [-0.2, -0.15) is 0 Å². The first-order valence-electron chi connectivity index (χ1n) is 5.32. The highest BCUT2D eigenvalue weighted by molar-refractivity contribution is 7.13. The Morgan fingerprint density at radius 2 is 2.00 bits per heavy atom. The summed E-state index contributed by atoms with van der Waals surface area (Å²) in [5.74, 6) is 0. The molecule has 84 valence electrons. The molecule has 0 radical (unpaired) electrons. The average molecular weight is 241 g/mol. The maximum Gasteiger partial charge on any atom is 0.142 e. The summed E-state index contributed by atoms with van der Waals surface area (Å²) in [6.45, 7) is 0. The van der Waals surface area contributed by atoms with Gasteiger partial charge in [-0.15, -0.1) is 11.3 Å². The van der Waals surface area contributed by atoms with Crippen molar-refractivity contribution in [3.8, 4) is 22.0 Å². The Kier molecular flexibility index (Phi) is 2.49. The van der Waals surface area contributed by atoms with Crippen LogP contribution in [0.4, 0.5) is 0 Å². The lowest BCUT2D eigenvalue weighted by Crippen LogP contribution is -1.88. The molecule has 3 nitrogen and oxygen atoms in total. The van der Waals surface area contributed by atoms with E-state index in [0.29, 0.717) is 0 Å². The molecule has 0 unspecified atom stereocenters. The van der Waals surface area contributed by atoms with Gasteiger partial charge in [0.25, 0.3) is 0 Å². The third-order valence-corrected chi connectivity index (χ3v) is 3.47. The van der Waals surface area contributed by atoms with E-state index in [2.05, 4.69) is 27.5 Å². The Bertz CT molecular complexity index is 625. The third kappa shape index (κ3) is 1.87. The molecule has 0 saturated heterocycles. The average Bonchev–Trinajstić information content (AvgIpc) is 2.98. The first-order chi connectivity index (χ1) is 8.34. The molecule has 0 N–H and O–H groups in total. The first kappa shape index (κ1) is 10.2. The molecule has 3 rings (SSSR count). The molecule has 0 aliphatic rings. The number of rotatable bonds is 2. The molecule has 2 heterocycles. The summed E-state index contributed by atoms with van der Waals surface area (Å²) in [5, 5.41) is 3.08. The monoisotopic (exact) mass is 241 g/mol. The van der Waals surface area contributed by atoms with Gasteiger partial charge in [0.05, 0.1) is 23.9 Å². The van der Waals surface area contributed by atoms with Crippen LogP contribution in [0.1, 0.15) is 0 Å². The zero-order chi connectivity index (χ0) is 11.7. The van der Waals surface area contributed by atoms with Crippen LogP contribution in [0, 0.1) is 0 Å². The first-order valence-corrected chi connectivity index (χ1v) is 6.20. The van der Waals surface area contributed by atoms with Gasteiger partial charge in [-0.05, 0) is 0 Å². The minimum Gasteiger partial charge on any atom is -0.332 e. The number of aromatic nitrogens is 3. The highest BCUT2D eigenvalue weighted by atomic mass is 32.1. The van der Waals surface area contributed by atoms with Gasteiger partial charge in [-0.25, -0.2) is 9.97 Å². The van der Waals surface area contributed by atoms with Crippen molar-refractivity contribution >= 4 is 11.3 Å². The summed E-state index contributed by atoms with van der Waals surface area (Å²) in [4.78, 5) is 8.75. The predicted molar refractivity (Wildman–Crippen MR) is 69.8 cm³/mol. The second kappa shape index (κ2) is 4.14. The van der Waals surface area contributed by atoms with Gasteiger partial charge in [-0.3, -0.25) is 0 Å². The van der Waals surface area contributed by atoms with Crippen LogP contribution in [0.3, 0.4) is 0 Å². The lowest BCUT2D eigenvalue weighted by molar-refractivity contribution is 0.920. The normalized spacial score (nSPS) is 10.6. The van der Waals surface area contributed by atoms with Crippen LogP contribution in [0.15, 0.2) is 48.2 Å². The number of hydrogen-bond acceptors (Lipinski definition) is 3. The maximum atomic E-state index is 4.64. The summed E-state index contributed by atoms with van der Waals surface area (Å²) in [7, 11) is 1.98. The molecule has 4 heteroatoms. The predicted octanol–water partition coefficient (Wildman–Crippen LogP) is 3.21. The molecule has 0 bridgehead atoms. The van der Waals surface area contributed by atoms with E-state index < -0.39 is 0 Å². The van der Waals surface area contributed by atoms with Crippen LogP contribution in [0.2, 0.25) is 0 Å². The molecule has 0 fully saturated rings. The van der Waals surface area contributed by atoms with E-state index >= 15 is 0 Å². The van der Waals surface area contributed by atoms with Crippen molar-refractivity contribution in [3.63, 3.8) is 0 Å². The number of imidazole rings is 1. The largest absolute Gasteiger partial charge is 0.332 e. The van der Waals surface area contributed by atoms with Crippen LogP contribution in [-0.2, 0) is 7.05 Å². The van der Waals surface area contributed by atoms with E-state index in [1.54, 1.807) is 17.7 Å². The molecule has 0 aliphatic heterocycles. The zero-order valence-electron chi connectivity index (χ0n) is 9.37. The number of thiazole rings is 1. The molecular formula is C13H11N3S. The highest BCUT2D eigenvalue weighted by Gasteiger charge is 2.08. The van der Waals surface area contributed by atoms with E-state index in [4.69, 9.17) is 0 Å². The van der Waals surface area contributed by atoms with Crippen molar-refractivity contribution in [2.45, 2.75) is 0 Å². The molecule has 0 spiro atoms. The van der Waals surface area contributed by atoms with Crippen molar-refractivity contribution in [3.05, 3.63) is 48.2 Å². The van der Waals surface area contributed by atoms with E-state index in [-0.39, 0.29) is 0 Å². The van der Waals surface area contributed by atoms with Crippen LogP contribution < -0.4 is 0 Å². The molecule has 0 amide bonds. The number of benzene rings is 1. The Balaban J connectivity index is 2.02. The molecule has 1 aromatic carbocycles. The summed E-state index contributed by atoms with van der Waals surface area (Å²) in [6.07, 6.45) is 3.63. The molecule has 17 heavy (non-hydrogen) atoms. The van der Waals surface area contributed by atoms with E-state index in [9.17, 15) is 0 Å². The molecule has 2 aromatic heterocycles. The lowest BCUT2D eigenvalue weighted by Gasteiger charge is -1.96. The third-order valence-electron chi connectivity index (χ3n) is 2.61. The fourth-order valence-corrected chi connectivity index (χ4v) is 2.58. The second-order valence-electron chi connectivity index (χ2n) is 3.79. The van der Waals surface area contributed by atoms with E-state index in [1.165, 1.54) is 0 Å². The number of aryl methyl sites for hydroxylation is 1. The number of nitrogens with zero attached hydrogens (tertiary/aromatic N) is 3. The van der Waals surface area contributed by atoms with Crippen molar-refractivity contribution < 1.29 is 0 Å². The van der Waals surface area contributed by atoms with Gasteiger partial charge in [0.1, 0.15) is 5.01 Å². The van der Waals surface area contributed by atoms with Crippen molar-refractivity contribution in [1.82, 2.24) is 14.5 Å². The lowest BCUT2D eigenvalue weighted by atomic mass is 10.2. The number of hydrogen-bond donors (Lipinski definition) is 0.